The lowest BCUT2D eigenvalue weighted by molar-refractivity contribution is -0.0227. The summed E-state index contributed by atoms with van der Waals surface area (Å²) >= 11 is 2.97. The molecule has 4 heterocycles. The van der Waals surface area contributed by atoms with Gasteiger partial charge in [0, 0.05) is 36.4 Å². The van der Waals surface area contributed by atoms with Gasteiger partial charge in [0.1, 0.15) is 21.0 Å². The third-order valence-corrected chi connectivity index (χ3v) is 6.02. The lowest BCUT2D eigenvalue weighted by Gasteiger charge is -2.31. The third kappa shape index (κ3) is 3.35. The number of hydrogen-bond donors (Lipinski definition) is 0. The number of morpholine rings is 1. The molecule has 1 aliphatic rings. The van der Waals surface area contributed by atoms with Gasteiger partial charge in [-0.05, 0) is 6.92 Å². The van der Waals surface area contributed by atoms with Crippen molar-refractivity contribution in [2.75, 3.05) is 19.7 Å². The van der Waals surface area contributed by atoms with Gasteiger partial charge < -0.3 is 9.64 Å². The maximum absolute atomic E-state index is 12.8. The first kappa shape index (κ1) is 16.4. The summed E-state index contributed by atoms with van der Waals surface area (Å²) in [5, 5.41) is 7.88. The number of rotatable bonds is 3. The first-order valence-corrected chi connectivity index (χ1v) is 9.57. The minimum absolute atomic E-state index is 0.00535. The van der Waals surface area contributed by atoms with Gasteiger partial charge in [0.2, 0.25) is 0 Å². The van der Waals surface area contributed by atoms with Gasteiger partial charge in [-0.25, -0.2) is 9.97 Å². The zero-order chi connectivity index (χ0) is 17.4. The molecule has 0 radical (unpaired) electrons. The number of aryl methyl sites for hydroxylation is 2. The normalized spacial score (nSPS) is 17.8. The highest BCUT2D eigenvalue weighted by Gasteiger charge is 2.29. The number of carbonyl (C=O) groups excluding carboxylic acids is 1. The average Bonchev–Trinajstić information content (AvgIpc) is 3.34. The van der Waals surface area contributed by atoms with Crippen LogP contribution in [0.4, 0.5) is 0 Å². The smallest absolute Gasteiger partial charge is 0.265 e. The van der Waals surface area contributed by atoms with Crippen LogP contribution in [0.1, 0.15) is 26.5 Å². The molecule has 0 N–H and O–H groups in total. The number of carbonyl (C=O) groups is 1. The maximum Gasteiger partial charge on any atom is 0.265 e. The van der Waals surface area contributed by atoms with Gasteiger partial charge in [-0.3, -0.25) is 9.48 Å². The van der Waals surface area contributed by atoms with Crippen LogP contribution in [0.15, 0.2) is 24.0 Å². The van der Waals surface area contributed by atoms with E-state index >= 15 is 0 Å². The summed E-state index contributed by atoms with van der Waals surface area (Å²) in [5.41, 5.74) is 1.90. The predicted molar refractivity (Wildman–Crippen MR) is 95.8 cm³/mol. The molecule has 0 bridgehead atoms. The number of aromatic nitrogens is 4. The van der Waals surface area contributed by atoms with Gasteiger partial charge in [0.05, 0.1) is 25.5 Å². The van der Waals surface area contributed by atoms with Crippen LogP contribution in [0.25, 0.3) is 10.6 Å². The molecule has 7 nitrogen and oxygen atoms in total. The second kappa shape index (κ2) is 6.66. The molecule has 0 aromatic carbocycles. The largest absolute Gasteiger partial charge is 0.367 e. The van der Waals surface area contributed by atoms with E-state index in [1.807, 2.05) is 30.4 Å². The molecule has 3 aromatic heterocycles. The Bertz CT molecular complexity index is 900. The molecule has 1 saturated heterocycles. The van der Waals surface area contributed by atoms with E-state index in [2.05, 4.69) is 15.1 Å². The Balaban J connectivity index is 1.49. The van der Waals surface area contributed by atoms with Crippen molar-refractivity contribution in [3.05, 3.63) is 39.5 Å². The van der Waals surface area contributed by atoms with E-state index in [0.29, 0.717) is 24.6 Å². The van der Waals surface area contributed by atoms with E-state index in [-0.39, 0.29) is 12.0 Å². The van der Waals surface area contributed by atoms with Crippen molar-refractivity contribution in [2.24, 2.45) is 7.05 Å². The topological polar surface area (TPSA) is 73.1 Å². The van der Waals surface area contributed by atoms with Crippen molar-refractivity contribution >= 4 is 28.6 Å². The zero-order valence-corrected chi connectivity index (χ0v) is 15.5. The Morgan fingerprint density at radius 1 is 1.40 bits per heavy atom. The SMILES string of the molecule is Cc1csc(C2CN(C(=O)c3cnc(-c4cnn(C)c4)s3)CCO2)n1. The Morgan fingerprint density at radius 2 is 2.28 bits per heavy atom. The van der Waals surface area contributed by atoms with Crippen LogP contribution in [0.3, 0.4) is 0 Å². The first-order chi connectivity index (χ1) is 12.1. The minimum Gasteiger partial charge on any atom is -0.367 e. The molecule has 9 heteroatoms. The van der Waals surface area contributed by atoms with Crippen molar-refractivity contribution in [3.63, 3.8) is 0 Å². The summed E-state index contributed by atoms with van der Waals surface area (Å²) < 4.78 is 7.52. The summed E-state index contributed by atoms with van der Waals surface area (Å²) in [6, 6.07) is 0. The molecule has 0 spiro atoms. The standard InChI is InChI=1S/C16H17N5O2S2/c1-10-9-24-15(19-10)12-8-21(3-4-23-12)16(22)13-6-17-14(25-13)11-5-18-20(2)7-11/h5-7,9,12H,3-4,8H2,1-2H3. The van der Waals surface area contributed by atoms with E-state index in [1.165, 1.54) is 11.3 Å². The Kier molecular flexibility index (Phi) is 4.36. The van der Waals surface area contributed by atoms with Gasteiger partial charge in [-0.2, -0.15) is 5.10 Å². The van der Waals surface area contributed by atoms with E-state index < -0.39 is 0 Å². The second-order valence-corrected chi connectivity index (χ2v) is 7.79. The Labute approximate surface area is 152 Å². The molecule has 130 valence electrons. The van der Waals surface area contributed by atoms with Crippen LogP contribution in [0.5, 0.6) is 0 Å². The molecular formula is C16H17N5O2S2. The van der Waals surface area contributed by atoms with Crippen molar-refractivity contribution < 1.29 is 9.53 Å². The predicted octanol–water partition coefficient (Wildman–Crippen LogP) is 2.52. The Morgan fingerprint density at radius 3 is 3.00 bits per heavy atom. The highest BCUT2D eigenvalue weighted by molar-refractivity contribution is 7.16. The van der Waals surface area contributed by atoms with E-state index in [1.54, 1.807) is 28.4 Å². The molecule has 0 aliphatic carbocycles. The van der Waals surface area contributed by atoms with Crippen molar-refractivity contribution in [2.45, 2.75) is 13.0 Å². The minimum atomic E-state index is -0.151. The van der Waals surface area contributed by atoms with Crippen LogP contribution >= 0.6 is 22.7 Å². The average molecular weight is 375 g/mol. The van der Waals surface area contributed by atoms with Crippen LogP contribution in [0, 0.1) is 6.92 Å². The van der Waals surface area contributed by atoms with Gasteiger partial charge in [-0.15, -0.1) is 22.7 Å². The van der Waals surface area contributed by atoms with Gasteiger partial charge in [0.15, 0.2) is 0 Å². The fraction of sp³-hybridized carbons (Fsp3) is 0.375. The fourth-order valence-electron chi connectivity index (χ4n) is 2.70. The summed E-state index contributed by atoms with van der Waals surface area (Å²) in [6.07, 6.45) is 5.14. The van der Waals surface area contributed by atoms with Crippen LogP contribution in [0.2, 0.25) is 0 Å². The summed E-state index contributed by atoms with van der Waals surface area (Å²) in [6.45, 7) is 3.58. The van der Waals surface area contributed by atoms with E-state index in [0.717, 1.165) is 21.3 Å². The summed E-state index contributed by atoms with van der Waals surface area (Å²) in [7, 11) is 1.86. The van der Waals surface area contributed by atoms with E-state index in [9.17, 15) is 4.79 Å². The van der Waals surface area contributed by atoms with Crippen molar-refractivity contribution in [1.82, 2.24) is 24.6 Å². The highest BCUT2D eigenvalue weighted by Crippen LogP contribution is 2.29. The maximum atomic E-state index is 12.8. The number of ether oxygens (including phenoxy) is 1. The third-order valence-electron chi connectivity index (χ3n) is 3.93. The van der Waals surface area contributed by atoms with Crippen LogP contribution in [-0.2, 0) is 11.8 Å². The lowest BCUT2D eigenvalue weighted by atomic mass is 10.2. The summed E-state index contributed by atoms with van der Waals surface area (Å²) in [5.74, 6) is -0.00535. The van der Waals surface area contributed by atoms with Gasteiger partial charge >= 0.3 is 0 Å². The van der Waals surface area contributed by atoms with Crippen LogP contribution < -0.4 is 0 Å². The molecule has 4 rings (SSSR count). The molecule has 1 unspecified atom stereocenters. The monoisotopic (exact) mass is 375 g/mol. The number of amides is 1. The van der Waals surface area contributed by atoms with Crippen molar-refractivity contribution in [3.8, 4) is 10.6 Å². The number of nitrogens with zero attached hydrogens (tertiary/aromatic N) is 5. The molecule has 25 heavy (non-hydrogen) atoms. The lowest BCUT2D eigenvalue weighted by Crippen LogP contribution is -2.42. The zero-order valence-electron chi connectivity index (χ0n) is 13.9. The Hall–Kier alpha value is -2.10. The molecule has 1 atom stereocenters. The van der Waals surface area contributed by atoms with Gasteiger partial charge in [-0.1, -0.05) is 0 Å². The van der Waals surface area contributed by atoms with Crippen molar-refractivity contribution in [1.29, 1.82) is 0 Å². The number of hydrogen-bond acceptors (Lipinski definition) is 7. The second-order valence-electron chi connectivity index (χ2n) is 5.87. The number of thiazole rings is 2. The molecule has 1 amide bonds. The summed E-state index contributed by atoms with van der Waals surface area (Å²) in [4.78, 5) is 24.1. The van der Waals surface area contributed by atoms with Gasteiger partial charge in [0.25, 0.3) is 5.91 Å². The fourth-order valence-corrected chi connectivity index (χ4v) is 4.39. The van der Waals surface area contributed by atoms with E-state index in [4.69, 9.17) is 4.74 Å². The van der Waals surface area contributed by atoms with Crippen LogP contribution in [-0.4, -0.2) is 50.3 Å². The molecular weight excluding hydrogens is 358 g/mol. The molecule has 0 saturated carbocycles. The highest BCUT2D eigenvalue weighted by atomic mass is 32.1. The molecule has 1 fully saturated rings. The quantitative estimate of drug-likeness (QED) is 0.703. The first-order valence-electron chi connectivity index (χ1n) is 7.88. The molecule has 1 aliphatic heterocycles. The molecule has 3 aromatic rings.